The number of rotatable bonds is 6. The number of carbonyl (C=O) groups is 1. The summed E-state index contributed by atoms with van der Waals surface area (Å²) < 4.78 is 24.6. The van der Waals surface area contributed by atoms with E-state index in [9.17, 15) is 14.3 Å². The van der Waals surface area contributed by atoms with E-state index in [1.54, 1.807) is 24.4 Å². The van der Waals surface area contributed by atoms with E-state index in [0.717, 1.165) is 16.7 Å². The number of carboxylic acid groups (broad SMARTS) is 1. The van der Waals surface area contributed by atoms with Gasteiger partial charge < -0.3 is 14.6 Å². The van der Waals surface area contributed by atoms with Crippen molar-refractivity contribution in [1.29, 1.82) is 0 Å². The molecule has 0 saturated carbocycles. The molecule has 30 heavy (non-hydrogen) atoms. The standard InChI is InChI=1S/C23H21FN2O4/c24-19-8-6-16(7-9-19)10-18-11-21-22(25-12-18)30-15-20(26(21)23(27)28)14-29-13-17-4-2-1-3-5-17/h1-9,11-12,20H,10,13-15H2,(H,27,28). The van der Waals surface area contributed by atoms with Crippen LogP contribution in [0.25, 0.3) is 0 Å². The minimum absolute atomic E-state index is 0.165. The number of hydrogen-bond acceptors (Lipinski definition) is 4. The average molecular weight is 408 g/mol. The van der Waals surface area contributed by atoms with Crippen LogP contribution in [0.1, 0.15) is 16.7 Å². The van der Waals surface area contributed by atoms with Crippen LogP contribution in [0.3, 0.4) is 0 Å². The van der Waals surface area contributed by atoms with Gasteiger partial charge in [-0.15, -0.1) is 0 Å². The molecule has 3 aromatic rings. The SMILES string of the molecule is O=C(O)N1c2cc(Cc3ccc(F)cc3)cnc2OCC1COCc1ccccc1. The van der Waals surface area contributed by atoms with Gasteiger partial charge in [0.2, 0.25) is 5.88 Å². The van der Waals surface area contributed by atoms with Crippen molar-refractivity contribution in [2.75, 3.05) is 18.1 Å². The highest BCUT2D eigenvalue weighted by Gasteiger charge is 2.33. The summed E-state index contributed by atoms with van der Waals surface area (Å²) >= 11 is 0. The van der Waals surface area contributed by atoms with Crippen molar-refractivity contribution >= 4 is 11.8 Å². The first-order valence-electron chi connectivity index (χ1n) is 9.60. The van der Waals surface area contributed by atoms with E-state index >= 15 is 0 Å². The van der Waals surface area contributed by atoms with Crippen LogP contribution in [0.15, 0.2) is 66.9 Å². The summed E-state index contributed by atoms with van der Waals surface area (Å²) in [6, 6.07) is 17.1. The molecule has 7 heteroatoms. The van der Waals surface area contributed by atoms with Crippen LogP contribution in [-0.2, 0) is 17.8 Å². The monoisotopic (exact) mass is 408 g/mol. The molecule has 1 N–H and O–H groups in total. The first-order valence-corrected chi connectivity index (χ1v) is 9.60. The Balaban J connectivity index is 1.49. The Hall–Kier alpha value is -3.45. The smallest absolute Gasteiger partial charge is 0.412 e. The van der Waals surface area contributed by atoms with Crippen molar-refractivity contribution in [3.8, 4) is 5.88 Å². The van der Waals surface area contributed by atoms with Gasteiger partial charge in [-0.2, -0.15) is 0 Å². The van der Waals surface area contributed by atoms with E-state index in [0.29, 0.717) is 18.7 Å². The second kappa shape index (κ2) is 8.92. The van der Waals surface area contributed by atoms with Crippen LogP contribution < -0.4 is 9.64 Å². The molecule has 0 fully saturated rings. The molecule has 154 valence electrons. The summed E-state index contributed by atoms with van der Waals surface area (Å²) in [5, 5.41) is 9.83. The Morgan fingerprint density at radius 2 is 1.90 bits per heavy atom. The van der Waals surface area contributed by atoms with Gasteiger partial charge in [-0.3, -0.25) is 4.90 Å². The van der Waals surface area contributed by atoms with E-state index in [-0.39, 0.29) is 24.9 Å². The van der Waals surface area contributed by atoms with Crippen LogP contribution in [-0.4, -0.2) is 35.4 Å². The summed E-state index contributed by atoms with van der Waals surface area (Å²) in [5.74, 6) is -0.0225. The van der Waals surface area contributed by atoms with Gasteiger partial charge >= 0.3 is 6.09 Å². The number of amides is 1. The third-order valence-electron chi connectivity index (χ3n) is 4.88. The number of benzene rings is 2. The first-order chi connectivity index (χ1) is 14.6. The predicted molar refractivity (Wildman–Crippen MR) is 109 cm³/mol. The molecule has 1 atom stereocenters. The molecule has 6 nitrogen and oxygen atoms in total. The highest BCUT2D eigenvalue weighted by molar-refractivity contribution is 5.89. The van der Waals surface area contributed by atoms with Gasteiger partial charge in [0, 0.05) is 6.20 Å². The van der Waals surface area contributed by atoms with E-state index in [4.69, 9.17) is 9.47 Å². The van der Waals surface area contributed by atoms with Crippen LogP contribution in [0, 0.1) is 5.82 Å². The minimum atomic E-state index is -1.09. The van der Waals surface area contributed by atoms with Gasteiger partial charge in [-0.05, 0) is 41.3 Å². The number of aromatic nitrogens is 1. The van der Waals surface area contributed by atoms with Gasteiger partial charge in [-0.25, -0.2) is 14.2 Å². The average Bonchev–Trinajstić information content (AvgIpc) is 2.75. The number of halogens is 1. The Morgan fingerprint density at radius 1 is 1.13 bits per heavy atom. The third kappa shape index (κ3) is 4.58. The van der Waals surface area contributed by atoms with Crippen molar-refractivity contribution in [1.82, 2.24) is 4.98 Å². The minimum Gasteiger partial charge on any atom is -0.474 e. The van der Waals surface area contributed by atoms with Crippen molar-refractivity contribution in [2.45, 2.75) is 19.1 Å². The zero-order valence-electron chi connectivity index (χ0n) is 16.2. The van der Waals surface area contributed by atoms with Gasteiger partial charge in [-0.1, -0.05) is 42.5 Å². The van der Waals surface area contributed by atoms with Crippen molar-refractivity contribution in [2.24, 2.45) is 0 Å². The molecule has 1 amide bonds. The largest absolute Gasteiger partial charge is 0.474 e. The molecule has 1 aliphatic heterocycles. The maximum Gasteiger partial charge on any atom is 0.412 e. The van der Waals surface area contributed by atoms with E-state index in [2.05, 4.69) is 4.98 Å². The highest BCUT2D eigenvalue weighted by atomic mass is 19.1. The van der Waals surface area contributed by atoms with Crippen LogP contribution in [0.2, 0.25) is 0 Å². The predicted octanol–water partition coefficient (Wildman–Crippen LogP) is 4.27. The highest BCUT2D eigenvalue weighted by Crippen LogP contribution is 2.33. The maximum absolute atomic E-state index is 13.1. The summed E-state index contributed by atoms with van der Waals surface area (Å²) in [7, 11) is 0. The second-order valence-corrected chi connectivity index (χ2v) is 7.09. The summed E-state index contributed by atoms with van der Waals surface area (Å²) in [6.45, 7) is 0.752. The summed E-state index contributed by atoms with van der Waals surface area (Å²) in [4.78, 5) is 17.6. The van der Waals surface area contributed by atoms with E-state index in [1.807, 2.05) is 30.3 Å². The quantitative estimate of drug-likeness (QED) is 0.659. The molecule has 1 aromatic heterocycles. The molecule has 0 aliphatic carbocycles. The molecule has 0 saturated heterocycles. The lowest BCUT2D eigenvalue weighted by Crippen LogP contribution is -2.49. The number of nitrogens with zero attached hydrogens (tertiary/aromatic N) is 2. The molecule has 4 rings (SSSR count). The maximum atomic E-state index is 13.1. The molecule has 1 aliphatic rings. The van der Waals surface area contributed by atoms with Crippen LogP contribution >= 0.6 is 0 Å². The molecule has 2 heterocycles. The lowest BCUT2D eigenvalue weighted by atomic mass is 10.1. The lowest BCUT2D eigenvalue weighted by molar-refractivity contribution is 0.0842. The fourth-order valence-corrected chi connectivity index (χ4v) is 3.42. The molecule has 0 spiro atoms. The second-order valence-electron chi connectivity index (χ2n) is 7.09. The number of pyridine rings is 1. The fourth-order valence-electron chi connectivity index (χ4n) is 3.42. The van der Waals surface area contributed by atoms with Crippen LogP contribution in [0.5, 0.6) is 5.88 Å². The fraction of sp³-hybridized carbons (Fsp3) is 0.217. The van der Waals surface area contributed by atoms with Gasteiger partial charge in [0.15, 0.2) is 0 Å². The molecule has 2 aromatic carbocycles. The molecule has 1 unspecified atom stereocenters. The number of ether oxygens (including phenoxy) is 2. The van der Waals surface area contributed by atoms with Crippen molar-refractivity contribution in [3.05, 3.63) is 89.4 Å². The number of fused-ring (bicyclic) bond motifs is 1. The summed E-state index contributed by atoms with van der Waals surface area (Å²) in [5.41, 5.74) is 3.11. The normalized spacial score (nSPS) is 15.4. The third-order valence-corrected chi connectivity index (χ3v) is 4.88. The first kappa shape index (κ1) is 19.8. The van der Waals surface area contributed by atoms with Gasteiger partial charge in [0.1, 0.15) is 18.1 Å². The Labute approximate surface area is 173 Å². The van der Waals surface area contributed by atoms with E-state index < -0.39 is 12.1 Å². The summed E-state index contributed by atoms with van der Waals surface area (Å²) in [6.07, 6.45) is 1.06. The van der Waals surface area contributed by atoms with Gasteiger partial charge in [0.05, 0.1) is 19.3 Å². The molecular weight excluding hydrogens is 387 g/mol. The Morgan fingerprint density at radius 3 is 2.63 bits per heavy atom. The number of anilines is 1. The molecular formula is C23H21FN2O4. The zero-order valence-corrected chi connectivity index (χ0v) is 16.2. The van der Waals surface area contributed by atoms with E-state index in [1.165, 1.54) is 17.0 Å². The van der Waals surface area contributed by atoms with Crippen LogP contribution in [0.4, 0.5) is 14.9 Å². The molecule has 0 radical (unpaired) electrons. The topological polar surface area (TPSA) is 71.9 Å². The van der Waals surface area contributed by atoms with Crippen molar-refractivity contribution < 1.29 is 23.8 Å². The Bertz CT molecular complexity index is 1010. The van der Waals surface area contributed by atoms with Gasteiger partial charge in [0.25, 0.3) is 0 Å². The lowest BCUT2D eigenvalue weighted by Gasteiger charge is -2.34. The Kier molecular flexibility index (Phi) is 5.90. The zero-order chi connectivity index (χ0) is 20.9. The van der Waals surface area contributed by atoms with Crippen molar-refractivity contribution in [3.63, 3.8) is 0 Å². The number of hydrogen-bond donors (Lipinski definition) is 1. The molecule has 0 bridgehead atoms.